The van der Waals surface area contributed by atoms with E-state index in [1.807, 2.05) is 60.7 Å². The van der Waals surface area contributed by atoms with Gasteiger partial charge in [0.15, 0.2) is 0 Å². The van der Waals surface area contributed by atoms with E-state index in [0.717, 1.165) is 45.9 Å². The molecule has 0 unspecified atom stereocenters. The average molecular weight is 459 g/mol. The Hall–Kier alpha value is -2.98. The SMILES string of the molecule is O=C(NCCCCc1ccccc1)c1cc(-c2cccc(Br)c2)nc2ccccc12. The quantitative estimate of drug-likeness (QED) is 0.324. The second-order valence-electron chi connectivity index (χ2n) is 7.28. The Morgan fingerprint density at radius 2 is 1.67 bits per heavy atom. The Balaban J connectivity index is 1.48. The van der Waals surface area contributed by atoms with E-state index in [-0.39, 0.29) is 5.91 Å². The van der Waals surface area contributed by atoms with Crippen LogP contribution in [0.15, 0.2) is 89.4 Å². The number of nitrogens with zero attached hydrogens (tertiary/aromatic N) is 1. The molecule has 0 aliphatic heterocycles. The average Bonchev–Trinajstić information content (AvgIpc) is 2.78. The molecule has 0 aliphatic carbocycles. The van der Waals surface area contributed by atoms with Crippen LogP contribution in [0.2, 0.25) is 0 Å². The molecule has 3 nitrogen and oxygen atoms in total. The van der Waals surface area contributed by atoms with Gasteiger partial charge in [0, 0.05) is 22.0 Å². The molecule has 4 aromatic rings. The molecule has 1 N–H and O–H groups in total. The van der Waals surface area contributed by atoms with E-state index in [1.165, 1.54) is 5.56 Å². The molecule has 30 heavy (non-hydrogen) atoms. The van der Waals surface area contributed by atoms with Gasteiger partial charge in [-0.15, -0.1) is 0 Å². The van der Waals surface area contributed by atoms with Gasteiger partial charge in [-0.2, -0.15) is 0 Å². The first-order chi connectivity index (χ1) is 14.7. The largest absolute Gasteiger partial charge is 0.352 e. The number of nitrogens with one attached hydrogen (secondary N) is 1. The van der Waals surface area contributed by atoms with Crippen molar-refractivity contribution in [2.45, 2.75) is 19.3 Å². The van der Waals surface area contributed by atoms with Crippen molar-refractivity contribution in [3.63, 3.8) is 0 Å². The van der Waals surface area contributed by atoms with Crippen molar-refractivity contribution in [1.29, 1.82) is 0 Å². The maximum absolute atomic E-state index is 13.0. The number of para-hydroxylation sites is 1. The van der Waals surface area contributed by atoms with Crippen LogP contribution in [0.4, 0.5) is 0 Å². The first kappa shape index (κ1) is 20.3. The van der Waals surface area contributed by atoms with Crippen LogP contribution in [0.5, 0.6) is 0 Å². The van der Waals surface area contributed by atoms with Crippen LogP contribution in [-0.4, -0.2) is 17.4 Å². The van der Waals surface area contributed by atoms with E-state index in [9.17, 15) is 4.79 Å². The fourth-order valence-electron chi connectivity index (χ4n) is 3.55. The molecule has 0 bridgehead atoms. The van der Waals surface area contributed by atoms with Crippen LogP contribution in [-0.2, 0) is 6.42 Å². The van der Waals surface area contributed by atoms with Gasteiger partial charge in [-0.05, 0) is 49.1 Å². The zero-order valence-corrected chi connectivity index (χ0v) is 18.2. The van der Waals surface area contributed by atoms with Crippen LogP contribution in [0.3, 0.4) is 0 Å². The number of aromatic nitrogens is 1. The molecule has 4 heteroatoms. The van der Waals surface area contributed by atoms with Crippen LogP contribution in [0, 0.1) is 0 Å². The van der Waals surface area contributed by atoms with Crippen molar-refractivity contribution in [2.24, 2.45) is 0 Å². The molecule has 4 rings (SSSR count). The summed E-state index contributed by atoms with van der Waals surface area (Å²) in [4.78, 5) is 17.8. The lowest BCUT2D eigenvalue weighted by atomic mass is 10.0. The van der Waals surface area contributed by atoms with Gasteiger partial charge in [-0.3, -0.25) is 4.79 Å². The van der Waals surface area contributed by atoms with Crippen LogP contribution in [0.1, 0.15) is 28.8 Å². The van der Waals surface area contributed by atoms with Gasteiger partial charge >= 0.3 is 0 Å². The number of benzene rings is 3. The van der Waals surface area contributed by atoms with Gasteiger partial charge in [-0.25, -0.2) is 4.98 Å². The molecule has 1 aromatic heterocycles. The standard InChI is InChI=1S/C26H23BrN2O/c27-21-13-8-12-20(17-21)25-18-23(22-14-4-5-15-24(22)29-25)26(30)28-16-7-6-11-19-9-2-1-3-10-19/h1-5,8-10,12-15,17-18H,6-7,11,16H2,(H,28,30). The molecule has 1 heterocycles. The number of fused-ring (bicyclic) bond motifs is 1. The number of carbonyl (C=O) groups is 1. The lowest BCUT2D eigenvalue weighted by Gasteiger charge is -2.11. The summed E-state index contributed by atoms with van der Waals surface area (Å²) < 4.78 is 0.986. The Morgan fingerprint density at radius 1 is 0.867 bits per heavy atom. The van der Waals surface area contributed by atoms with E-state index in [0.29, 0.717) is 12.1 Å². The minimum Gasteiger partial charge on any atom is -0.352 e. The first-order valence-electron chi connectivity index (χ1n) is 10.2. The topological polar surface area (TPSA) is 42.0 Å². The molecule has 3 aromatic carbocycles. The highest BCUT2D eigenvalue weighted by Gasteiger charge is 2.13. The number of rotatable bonds is 7. The number of pyridine rings is 1. The molecule has 0 radical (unpaired) electrons. The minimum atomic E-state index is -0.0513. The second kappa shape index (κ2) is 9.68. The van der Waals surface area contributed by atoms with Gasteiger partial charge in [0.05, 0.1) is 16.8 Å². The highest BCUT2D eigenvalue weighted by atomic mass is 79.9. The van der Waals surface area contributed by atoms with Gasteiger partial charge < -0.3 is 5.32 Å². The lowest BCUT2D eigenvalue weighted by Crippen LogP contribution is -2.25. The minimum absolute atomic E-state index is 0.0513. The Bertz CT molecular complexity index is 1160. The Morgan fingerprint density at radius 3 is 2.50 bits per heavy atom. The summed E-state index contributed by atoms with van der Waals surface area (Å²) in [5.74, 6) is -0.0513. The summed E-state index contributed by atoms with van der Waals surface area (Å²) in [5, 5.41) is 3.96. The zero-order chi connectivity index (χ0) is 20.8. The van der Waals surface area contributed by atoms with E-state index in [2.05, 4.69) is 45.5 Å². The summed E-state index contributed by atoms with van der Waals surface area (Å²) in [5.41, 5.74) is 4.60. The number of hydrogen-bond donors (Lipinski definition) is 1. The fraction of sp³-hybridized carbons (Fsp3) is 0.154. The monoisotopic (exact) mass is 458 g/mol. The van der Waals surface area contributed by atoms with Crippen molar-refractivity contribution >= 4 is 32.7 Å². The van der Waals surface area contributed by atoms with E-state index < -0.39 is 0 Å². The normalized spacial score (nSPS) is 10.8. The van der Waals surface area contributed by atoms with Gasteiger partial charge in [-0.1, -0.05) is 76.6 Å². The van der Waals surface area contributed by atoms with Crippen LogP contribution in [0.25, 0.3) is 22.2 Å². The number of aryl methyl sites for hydroxylation is 1. The van der Waals surface area contributed by atoms with Crippen LogP contribution < -0.4 is 5.32 Å². The van der Waals surface area contributed by atoms with Gasteiger partial charge in [0.25, 0.3) is 5.91 Å². The molecular weight excluding hydrogens is 436 g/mol. The smallest absolute Gasteiger partial charge is 0.252 e. The van der Waals surface area contributed by atoms with E-state index in [4.69, 9.17) is 4.98 Å². The molecule has 0 atom stereocenters. The van der Waals surface area contributed by atoms with E-state index >= 15 is 0 Å². The summed E-state index contributed by atoms with van der Waals surface area (Å²) in [6.45, 7) is 0.661. The fourth-order valence-corrected chi connectivity index (χ4v) is 3.95. The summed E-state index contributed by atoms with van der Waals surface area (Å²) in [6, 6.07) is 28.1. The molecular formula is C26H23BrN2O. The van der Waals surface area contributed by atoms with Gasteiger partial charge in [0.2, 0.25) is 0 Å². The first-order valence-corrected chi connectivity index (χ1v) is 11.0. The predicted octanol–water partition coefficient (Wildman–Crippen LogP) is 6.42. The third kappa shape index (κ3) is 4.95. The van der Waals surface area contributed by atoms with Crippen molar-refractivity contribution in [3.05, 3.63) is 101 Å². The maximum atomic E-state index is 13.0. The molecule has 0 saturated carbocycles. The molecule has 1 amide bonds. The van der Waals surface area contributed by atoms with Crippen molar-refractivity contribution in [2.75, 3.05) is 6.54 Å². The highest BCUT2D eigenvalue weighted by molar-refractivity contribution is 9.10. The predicted molar refractivity (Wildman–Crippen MR) is 127 cm³/mol. The van der Waals surface area contributed by atoms with Crippen molar-refractivity contribution in [1.82, 2.24) is 10.3 Å². The van der Waals surface area contributed by atoms with E-state index in [1.54, 1.807) is 0 Å². The second-order valence-corrected chi connectivity index (χ2v) is 8.20. The number of amides is 1. The Kier molecular flexibility index (Phi) is 6.55. The molecule has 0 fully saturated rings. The number of carbonyl (C=O) groups excluding carboxylic acids is 1. The van der Waals surface area contributed by atoms with Crippen molar-refractivity contribution in [3.8, 4) is 11.3 Å². The highest BCUT2D eigenvalue weighted by Crippen LogP contribution is 2.26. The molecule has 0 spiro atoms. The molecule has 0 aliphatic rings. The number of hydrogen-bond acceptors (Lipinski definition) is 2. The van der Waals surface area contributed by atoms with Crippen LogP contribution >= 0.6 is 15.9 Å². The van der Waals surface area contributed by atoms with Crippen molar-refractivity contribution < 1.29 is 4.79 Å². The molecule has 0 saturated heterocycles. The summed E-state index contributed by atoms with van der Waals surface area (Å²) in [7, 11) is 0. The third-order valence-corrected chi connectivity index (χ3v) is 5.60. The third-order valence-electron chi connectivity index (χ3n) is 5.10. The summed E-state index contributed by atoms with van der Waals surface area (Å²) in [6.07, 6.45) is 3.02. The molecule has 150 valence electrons. The summed E-state index contributed by atoms with van der Waals surface area (Å²) >= 11 is 3.52. The number of halogens is 1. The maximum Gasteiger partial charge on any atom is 0.252 e. The van der Waals surface area contributed by atoms with Gasteiger partial charge in [0.1, 0.15) is 0 Å². The Labute approximate surface area is 185 Å². The zero-order valence-electron chi connectivity index (χ0n) is 16.6. The number of unbranched alkanes of at least 4 members (excludes halogenated alkanes) is 1. The lowest BCUT2D eigenvalue weighted by molar-refractivity contribution is 0.0954.